The second-order valence-corrected chi connectivity index (χ2v) is 7.97. The molecule has 0 saturated carbocycles. The first-order valence-electron chi connectivity index (χ1n) is 10.1. The molecule has 6 rings (SSSR count). The van der Waals surface area contributed by atoms with Crippen molar-refractivity contribution in [1.82, 2.24) is 4.57 Å². The Balaban J connectivity index is 1.59. The number of halogens is 1. The summed E-state index contributed by atoms with van der Waals surface area (Å²) < 4.78 is 2.26. The lowest BCUT2D eigenvalue weighted by molar-refractivity contribution is 1.18. The molecule has 2 heteroatoms. The fourth-order valence-electron chi connectivity index (χ4n) is 4.51. The zero-order valence-corrected chi connectivity index (χ0v) is 17.0. The second-order valence-electron chi connectivity index (χ2n) is 7.56. The molecule has 0 aliphatic heterocycles. The molecule has 6 aromatic rings. The topological polar surface area (TPSA) is 4.93 Å². The average Bonchev–Trinajstić information content (AvgIpc) is 3.13. The molecule has 0 aliphatic carbocycles. The number of hydrogen-bond acceptors (Lipinski definition) is 0. The Kier molecular flexibility index (Phi) is 3.90. The third-order valence-electron chi connectivity index (χ3n) is 5.87. The Morgan fingerprint density at radius 3 is 1.83 bits per heavy atom. The lowest BCUT2D eigenvalue weighted by Crippen LogP contribution is -1.95. The van der Waals surface area contributed by atoms with E-state index in [1.54, 1.807) is 0 Å². The van der Waals surface area contributed by atoms with Gasteiger partial charge in [-0.15, -0.1) is 0 Å². The van der Waals surface area contributed by atoms with E-state index < -0.39 is 0 Å². The highest BCUT2D eigenvalue weighted by atomic mass is 35.5. The molecule has 142 valence electrons. The normalized spacial score (nSPS) is 11.5. The summed E-state index contributed by atoms with van der Waals surface area (Å²) in [6, 6.07) is 38.3. The SMILES string of the molecule is Clc1cc(-c2cccc3ccccc23)ccc1-n1c2ccccc2c2ccccc21. The first-order chi connectivity index (χ1) is 14.8. The molecule has 0 fully saturated rings. The summed E-state index contributed by atoms with van der Waals surface area (Å²) in [7, 11) is 0. The number of fused-ring (bicyclic) bond motifs is 4. The van der Waals surface area contributed by atoms with Crippen LogP contribution >= 0.6 is 11.6 Å². The van der Waals surface area contributed by atoms with Gasteiger partial charge in [0, 0.05) is 10.8 Å². The number of hydrogen-bond donors (Lipinski definition) is 0. The van der Waals surface area contributed by atoms with E-state index in [0.717, 1.165) is 16.3 Å². The monoisotopic (exact) mass is 403 g/mol. The quantitative estimate of drug-likeness (QED) is 0.274. The van der Waals surface area contributed by atoms with Crippen molar-refractivity contribution in [2.45, 2.75) is 0 Å². The van der Waals surface area contributed by atoms with Crippen LogP contribution in [0.1, 0.15) is 0 Å². The van der Waals surface area contributed by atoms with Crippen LogP contribution in [0.4, 0.5) is 0 Å². The molecule has 1 heterocycles. The van der Waals surface area contributed by atoms with E-state index in [0.29, 0.717) is 0 Å². The molecule has 5 aromatic carbocycles. The fraction of sp³-hybridized carbons (Fsp3) is 0. The van der Waals surface area contributed by atoms with Crippen LogP contribution in [-0.4, -0.2) is 4.57 Å². The number of nitrogens with zero attached hydrogens (tertiary/aromatic N) is 1. The van der Waals surface area contributed by atoms with Gasteiger partial charge in [-0.2, -0.15) is 0 Å². The van der Waals surface area contributed by atoms with Crippen LogP contribution in [-0.2, 0) is 0 Å². The van der Waals surface area contributed by atoms with Gasteiger partial charge in [-0.05, 0) is 46.2 Å². The zero-order valence-electron chi connectivity index (χ0n) is 16.2. The average molecular weight is 404 g/mol. The van der Waals surface area contributed by atoms with E-state index in [4.69, 9.17) is 11.6 Å². The predicted molar refractivity (Wildman–Crippen MR) is 129 cm³/mol. The summed E-state index contributed by atoms with van der Waals surface area (Å²) in [5.41, 5.74) is 5.65. The smallest absolute Gasteiger partial charge is 0.0652 e. The largest absolute Gasteiger partial charge is 0.308 e. The Morgan fingerprint density at radius 1 is 0.533 bits per heavy atom. The molecule has 0 bridgehead atoms. The number of benzene rings is 5. The molecule has 1 aromatic heterocycles. The van der Waals surface area contributed by atoms with E-state index in [9.17, 15) is 0 Å². The van der Waals surface area contributed by atoms with Crippen LogP contribution in [0.5, 0.6) is 0 Å². The molecule has 0 aliphatic rings. The van der Waals surface area contributed by atoms with Gasteiger partial charge in [-0.3, -0.25) is 0 Å². The molecule has 0 amide bonds. The summed E-state index contributed by atoms with van der Waals surface area (Å²) in [5, 5.41) is 5.69. The summed E-state index contributed by atoms with van der Waals surface area (Å²) in [6.45, 7) is 0. The van der Waals surface area contributed by atoms with Gasteiger partial charge in [0.2, 0.25) is 0 Å². The fourth-order valence-corrected chi connectivity index (χ4v) is 4.78. The van der Waals surface area contributed by atoms with Crippen molar-refractivity contribution in [3.63, 3.8) is 0 Å². The van der Waals surface area contributed by atoms with E-state index >= 15 is 0 Å². The lowest BCUT2D eigenvalue weighted by atomic mass is 9.98. The standard InChI is InChI=1S/C28H18ClN/c29-25-18-20(22-13-7-9-19-8-1-2-10-21(19)22)16-17-28(25)30-26-14-5-3-11-23(26)24-12-4-6-15-27(24)30/h1-18H. The second kappa shape index (κ2) is 6.76. The molecular weight excluding hydrogens is 386 g/mol. The molecule has 30 heavy (non-hydrogen) atoms. The van der Waals surface area contributed by atoms with Gasteiger partial charge in [0.1, 0.15) is 0 Å². The zero-order chi connectivity index (χ0) is 20.1. The molecule has 0 atom stereocenters. The Labute approximate surface area is 179 Å². The highest BCUT2D eigenvalue weighted by Crippen LogP contribution is 2.37. The van der Waals surface area contributed by atoms with E-state index in [1.807, 2.05) is 0 Å². The first kappa shape index (κ1) is 17.3. The van der Waals surface area contributed by atoms with Crippen LogP contribution in [0, 0.1) is 0 Å². The Bertz CT molecular complexity index is 1500. The van der Waals surface area contributed by atoms with Crippen molar-refractivity contribution in [3.8, 4) is 16.8 Å². The van der Waals surface area contributed by atoms with Crippen LogP contribution in [0.2, 0.25) is 5.02 Å². The summed E-state index contributed by atoms with van der Waals surface area (Å²) in [5.74, 6) is 0. The van der Waals surface area contributed by atoms with E-state index in [-0.39, 0.29) is 0 Å². The third-order valence-corrected chi connectivity index (χ3v) is 6.17. The van der Waals surface area contributed by atoms with Gasteiger partial charge in [0.15, 0.2) is 0 Å². The van der Waals surface area contributed by atoms with Crippen LogP contribution in [0.3, 0.4) is 0 Å². The predicted octanol–water partition coefficient (Wildman–Crippen LogP) is 8.26. The Hall–Kier alpha value is -3.55. The maximum Gasteiger partial charge on any atom is 0.0652 e. The number of para-hydroxylation sites is 2. The van der Waals surface area contributed by atoms with Crippen LogP contribution < -0.4 is 0 Å². The van der Waals surface area contributed by atoms with Gasteiger partial charge in [0.25, 0.3) is 0 Å². The molecule has 0 spiro atoms. The molecule has 0 saturated heterocycles. The van der Waals surface area contributed by atoms with Crippen molar-refractivity contribution < 1.29 is 0 Å². The summed E-state index contributed by atoms with van der Waals surface area (Å²) >= 11 is 6.90. The van der Waals surface area contributed by atoms with Gasteiger partial charge in [0.05, 0.1) is 21.7 Å². The number of aromatic nitrogens is 1. The van der Waals surface area contributed by atoms with Crippen molar-refractivity contribution in [3.05, 3.63) is 114 Å². The minimum absolute atomic E-state index is 0.743. The van der Waals surface area contributed by atoms with Crippen LogP contribution in [0.15, 0.2) is 109 Å². The van der Waals surface area contributed by atoms with Crippen LogP contribution in [0.25, 0.3) is 49.4 Å². The van der Waals surface area contributed by atoms with E-state index in [2.05, 4.69) is 114 Å². The third kappa shape index (κ3) is 2.56. The summed E-state index contributed by atoms with van der Waals surface area (Å²) in [6.07, 6.45) is 0. The first-order valence-corrected chi connectivity index (χ1v) is 10.5. The molecule has 0 radical (unpaired) electrons. The van der Waals surface area contributed by atoms with Gasteiger partial charge in [-0.25, -0.2) is 0 Å². The van der Waals surface area contributed by atoms with Crippen molar-refractivity contribution >= 4 is 44.2 Å². The maximum atomic E-state index is 6.90. The van der Waals surface area contributed by atoms with Gasteiger partial charge < -0.3 is 4.57 Å². The molecule has 1 nitrogen and oxygen atoms in total. The van der Waals surface area contributed by atoms with Crippen molar-refractivity contribution in [2.24, 2.45) is 0 Å². The summed E-state index contributed by atoms with van der Waals surface area (Å²) in [4.78, 5) is 0. The highest BCUT2D eigenvalue weighted by molar-refractivity contribution is 6.33. The molecule has 0 N–H and O–H groups in total. The molecular formula is C28H18ClN. The van der Waals surface area contributed by atoms with Gasteiger partial charge in [-0.1, -0.05) is 96.5 Å². The Morgan fingerprint density at radius 2 is 1.13 bits per heavy atom. The minimum atomic E-state index is 0.743. The van der Waals surface area contributed by atoms with Gasteiger partial charge >= 0.3 is 0 Å². The van der Waals surface area contributed by atoms with Crippen molar-refractivity contribution in [2.75, 3.05) is 0 Å². The van der Waals surface area contributed by atoms with E-state index in [1.165, 1.54) is 38.1 Å². The maximum absolute atomic E-state index is 6.90. The minimum Gasteiger partial charge on any atom is -0.308 e. The van der Waals surface area contributed by atoms with Crippen molar-refractivity contribution in [1.29, 1.82) is 0 Å². The molecule has 0 unspecified atom stereocenters. The highest BCUT2D eigenvalue weighted by Gasteiger charge is 2.14. The number of rotatable bonds is 2. The lowest BCUT2D eigenvalue weighted by Gasteiger charge is -2.13.